The molecule has 1 aromatic heterocycles. The number of carbonyl (C=O) groups is 1. The molecule has 21 heavy (non-hydrogen) atoms. The number of aliphatic hydroxyl groups is 1. The maximum absolute atomic E-state index is 12.4. The van der Waals surface area contributed by atoms with Crippen LogP contribution in [-0.4, -0.2) is 45.4 Å². The smallest absolute Gasteiger partial charge is 0.226 e. The summed E-state index contributed by atoms with van der Waals surface area (Å²) in [7, 11) is 3.56. The average Bonchev–Trinajstić information content (AvgIpc) is 2.67. The molecule has 0 bridgehead atoms. The summed E-state index contributed by atoms with van der Waals surface area (Å²) in [5.41, 5.74) is 1.59. The van der Waals surface area contributed by atoms with Crippen LogP contribution in [-0.2, 0) is 18.3 Å². The minimum atomic E-state index is -0.280. The van der Waals surface area contributed by atoms with Crippen LogP contribution in [0.4, 0.5) is 0 Å². The molecule has 0 spiro atoms. The van der Waals surface area contributed by atoms with Gasteiger partial charge in [0, 0.05) is 32.1 Å². The zero-order chi connectivity index (χ0) is 15.6. The Hall–Kier alpha value is -1.07. The largest absolute Gasteiger partial charge is 0.393 e. The molecule has 1 saturated carbocycles. The molecule has 1 fully saturated rings. The number of halogens is 1. The Morgan fingerprint density at radius 2 is 2.14 bits per heavy atom. The Morgan fingerprint density at radius 3 is 2.71 bits per heavy atom. The first-order valence-electron chi connectivity index (χ1n) is 7.50. The highest BCUT2D eigenvalue weighted by molar-refractivity contribution is 6.30. The molecule has 5 nitrogen and oxygen atoms in total. The third-order valence-corrected chi connectivity index (χ3v) is 4.87. The molecule has 0 aromatic carbocycles. The highest BCUT2D eigenvalue weighted by atomic mass is 35.5. The number of rotatable bonds is 4. The third-order valence-electron chi connectivity index (χ3n) is 4.40. The Labute approximate surface area is 130 Å². The van der Waals surface area contributed by atoms with E-state index in [0.29, 0.717) is 11.7 Å². The zero-order valence-corrected chi connectivity index (χ0v) is 13.7. The van der Waals surface area contributed by atoms with Crippen molar-refractivity contribution in [3.8, 4) is 0 Å². The normalized spacial score (nSPS) is 22.3. The molecular weight excluding hydrogens is 290 g/mol. The van der Waals surface area contributed by atoms with Crippen LogP contribution < -0.4 is 0 Å². The van der Waals surface area contributed by atoms with E-state index < -0.39 is 0 Å². The van der Waals surface area contributed by atoms with Gasteiger partial charge in [-0.25, -0.2) is 0 Å². The van der Waals surface area contributed by atoms with E-state index in [4.69, 9.17) is 11.6 Å². The number of aliphatic hydroxyl groups excluding tert-OH is 1. The van der Waals surface area contributed by atoms with Gasteiger partial charge < -0.3 is 10.0 Å². The molecule has 2 rings (SSSR count). The zero-order valence-electron chi connectivity index (χ0n) is 13.0. The standard InChI is InChI=1S/C15H24ClN3O2/c1-10-12(15(16)19(3)17-10)8-14(21)18(2)9-11-6-4-5-7-13(11)20/h11,13,20H,4-9H2,1-3H3. The Kier molecular flexibility index (Phi) is 5.27. The molecular formula is C15H24ClN3O2. The first-order chi connectivity index (χ1) is 9.90. The summed E-state index contributed by atoms with van der Waals surface area (Å²) in [5.74, 6) is 0.212. The van der Waals surface area contributed by atoms with Crippen molar-refractivity contribution in [2.24, 2.45) is 13.0 Å². The minimum absolute atomic E-state index is 0.0192. The summed E-state index contributed by atoms with van der Waals surface area (Å²) >= 11 is 6.17. The Bertz CT molecular complexity index is 515. The van der Waals surface area contributed by atoms with Gasteiger partial charge in [0.1, 0.15) is 5.15 Å². The molecule has 2 atom stereocenters. The second-order valence-electron chi connectivity index (χ2n) is 6.04. The predicted molar refractivity (Wildman–Crippen MR) is 82.3 cm³/mol. The van der Waals surface area contributed by atoms with Gasteiger partial charge in [0.25, 0.3) is 0 Å². The van der Waals surface area contributed by atoms with Crippen molar-refractivity contribution in [1.29, 1.82) is 0 Å². The monoisotopic (exact) mass is 313 g/mol. The number of nitrogens with zero attached hydrogens (tertiary/aromatic N) is 3. The molecule has 0 saturated heterocycles. The molecule has 1 aromatic rings. The van der Waals surface area contributed by atoms with Crippen LogP contribution in [0.25, 0.3) is 0 Å². The lowest BCUT2D eigenvalue weighted by atomic mass is 9.86. The van der Waals surface area contributed by atoms with E-state index in [2.05, 4.69) is 5.10 Å². The molecule has 118 valence electrons. The molecule has 1 heterocycles. The van der Waals surface area contributed by atoms with E-state index in [-0.39, 0.29) is 24.3 Å². The summed E-state index contributed by atoms with van der Waals surface area (Å²) in [6.07, 6.45) is 4.04. The number of hydrogen-bond acceptors (Lipinski definition) is 3. The van der Waals surface area contributed by atoms with Crippen LogP contribution >= 0.6 is 11.6 Å². The average molecular weight is 314 g/mol. The molecule has 6 heteroatoms. The summed E-state index contributed by atoms with van der Waals surface area (Å²) in [4.78, 5) is 14.1. The van der Waals surface area contributed by atoms with Crippen LogP contribution in [0.1, 0.15) is 36.9 Å². The van der Waals surface area contributed by atoms with E-state index in [0.717, 1.165) is 36.9 Å². The Morgan fingerprint density at radius 1 is 1.48 bits per heavy atom. The van der Waals surface area contributed by atoms with Crippen molar-refractivity contribution in [1.82, 2.24) is 14.7 Å². The van der Waals surface area contributed by atoms with Gasteiger partial charge in [-0.15, -0.1) is 0 Å². The van der Waals surface area contributed by atoms with E-state index in [1.165, 1.54) is 0 Å². The number of amides is 1. The summed E-state index contributed by atoms with van der Waals surface area (Å²) in [6, 6.07) is 0. The summed E-state index contributed by atoms with van der Waals surface area (Å²) in [5, 5.41) is 14.8. The molecule has 0 radical (unpaired) electrons. The van der Waals surface area contributed by atoms with Crippen molar-refractivity contribution in [3.05, 3.63) is 16.4 Å². The van der Waals surface area contributed by atoms with E-state index in [9.17, 15) is 9.90 Å². The lowest BCUT2D eigenvalue weighted by Gasteiger charge is -2.31. The fraction of sp³-hybridized carbons (Fsp3) is 0.733. The van der Waals surface area contributed by atoms with Gasteiger partial charge in [-0.05, 0) is 19.8 Å². The van der Waals surface area contributed by atoms with Gasteiger partial charge in [0.2, 0.25) is 5.91 Å². The second kappa shape index (κ2) is 6.79. The molecule has 2 unspecified atom stereocenters. The third kappa shape index (κ3) is 3.77. The van der Waals surface area contributed by atoms with Crippen molar-refractivity contribution >= 4 is 17.5 Å². The quantitative estimate of drug-likeness (QED) is 0.924. The van der Waals surface area contributed by atoms with Crippen molar-refractivity contribution < 1.29 is 9.90 Å². The van der Waals surface area contributed by atoms with Crippen LogP contribution in [0.3, 0.4) is 0 Å². The fourth-order valence-corrected chi connectivity index (χ4v) is 3.26. The molecule has 0 aliphatic heterocycles. The van der Waals surface area contributed by atoms with Crippen LogP contribution in [0.5, 0.6) is 0 Å². The maximum atomic E-state index is 12.4. The van der Waals surface area contributed by atoms with E-state index in [1.54, 1.807) is 23.7 Å². The predicted octanol–water partition coefficient (Wildman–Crippen LogP) is 1.93. The SMILES string of the molecule is Cc1nn(C)c(Cl)c1CC(=O)N(C)CC1CCCCC1O. The van der Waals surface area contributed by atoms with Crippen molar-refractivity contribution in [2.45, 2.75) is 45.1 Å². The first-order valence-corrected chi connectivity index (χ1v) is 7.88. The van der Waals surface area contributed by atoms with Gasteiger partial charge in [0.05, 0.1) is 18.2 Å². The molecule has 1 aliphatic carbocycles. The number of carbonyl (C=O) groups excluding carboxylic acids is 1. The van der Waals surface area contributed by atoms with Crippen LogP contribution in [0.2, 0.25) is 5.15 Å². The van der Waals surface area contributed by atoms with Crippen LogP contribution in [0.15, 0.2) is 0 Å². The van der Waals surface area contributed by atoms with Gasteiger partial charge in [-0.2, -0.15) is 5.10 Å². The Balaban J connectivity index is 1.96. The highest BCUT2D eigenvalue weighted by Gasteiger charge is 2.26. The summed E-state index contributed by atoms with van der Waals surface area (Å²) < 4.78 is 1.59. The van der Waals surface area contributed by atoms with Gasteiger partial charge in [0.15, 0.2) is 0 Å². The number of aryl methyl sites for hydroxylation is 2. The van der Waals surface area contributed by atoms with Crippen molar-refractivity contribution in [3.63, 3.8) is 0 Å². The molecule has 1 amide bonds. The van der Waals surface area contributed by atoms with Gasteiger partial charge in [-0.1, -0.05) is 24.4 Å². The van der Waals surface area contributed by atoms with Crippen molar-refractivity contribution in [2.75, 3.05) is 13.6 Å². The van der Waals surface area contributed by atoms with E-state index in [1.807, 2.05) is 6.92 Å². The number of aromatic nitrogens is 2. The maximum Gasteiger partial charge on any atom is 0.226 e. The number of hydrogen-bond donors (Lipinski definition) is 1. The van der Waals surface area contributed by atoms with E-state index >= 15 is 0 Å². The first kappa shape index (κ1) is 16.3. The number of likely N-dealkylation sites (N-methyl/N-ethyl adjacent to an activating group) is 1. The summed E-state index contributed by atoms with van der Waals surface area (Å²) in [6.45, 7) is 2.47. The fourth-order valence-electron chi connectivity index (χ4n) is 3.02. The van der Waals surface area contributed by atoms with Gasteiger partial charge >= 0.3 is 0 Å². The lowest BCUT2D eigenvalue weighted by molar-refractivity contribution is -0.130. The lowest BCUT2D eigenvalue weighted by Crippen LogP contribution is -2.38. The second-order valence-corrected chi connectivity index (χ2v) is 6.40. The molecule has 1 N–H and O–H groups in total. The minimum Gasteiger partial charge on any atom is -0.393 e. The highest BCUT2D eigenvalue weighted by Crippen LogP contribution is 2.25. The van der Waals surface area contributed by atoms with Crippen LogP contribution in [0, 0.1) is 12.8 Å². The topological polar surface area (TPSA) is 58.4 Å². The van der Waals surface area contributed by atoms with Gasteiger partial charge in [-0.3, -0.25) is 9.48 Å². The molecule has 1 aliphatic rings.